The molecule has 1 aromatic rings. The van der Waals surface area contributed by atoms with Crippen LogP contribution < -0.4 is 4.89 Å². The predicted molar refractivity (Wildman–Crippen MR) is 45.5 cm³/mol. The SMILES string of the molecule is Cn1cnc(S(=O)(=O)NOCC(F)(F)F)c1. The Balaban J connectivity index is 2.60. The van der Waals surface area contributed by atoms with Gasteiger partial charge in [0.1, 0.15) is 0 Å². The fourth-order valence-electron chi connectivity index (χ4n) is 0.759. The third-order valence-electron chi connectivity index (χ3n) is 1.36. The van der Waals surface area contributed by atoms with Crippen molar-refractivity contribution in [1.82, 2.24) is 14.4 Å². The maximum Gasteiger partial charge on any atom is 0.413 e. The van der Waals surface area contributed by atoms with Crippen LogP contribution in [0.1, 0.15) is 0 Å². The summed E-state index contributed by atoms with van der Waals surface area (Å²) in [4.78, 5) is 8.59. The molecule has 1 N–H and O–H groups in total. The summed E-state index contributed by atoms with van der Waals surface area (Å²) in [6, 6.07) is 0. The predicted octanol–water partition coefficient (Wildman–Crippen LogP) is 0.192. The van der Waals surface area contributed by atoms with Gasteiger partial charge < -0.3 is 4.57 Å². The van der Waals surface area contributed by atoms with Gasteiger partial charge in [0.15, 0.2) is 11.6 Å². The van der Waals surface area contributed by atoms with Crippen molar-refractivity contribution in [1.29, 1.82) is 0 Å². The Morgan fingerprint density at radius 2 is 2.19 bits per heavy atom. The van der Waals surface area contributed by atoms with Crippen molar-refractivity contribution < 1.29 is 26.4 Å². The van der Waals surface area contributed by atoms with Gasteiger partial charge in [-0.15, -0.1) is 0 Å². The lowest BCUT2D eigenvalue weighted by molar-refractivity contribution is -0.181. The summed E-state index contributed by atoms with van der Waals surface area (Å²) in [5.41, 5.74) is 0. The van der Waals surface area contributed by atoms with Crippen LogP contribution in [0.5, 0.6) is 0 Å². The molecule has 16 heavy (non-hydrogen) atoms. The van der Waals surface area contributed by atoms with Gasteiger partial charge in [-0.25, -0.2) is 13.4 Å². The maximum absolute atomic E-state index is 11.7. The summed E-state index contributed by atoms with van der Waals surface area (Å²) >= 11 is 0. The molecule has 1 aromatic heterocycles. The van der Waals surface area contributed by atoms with E-state index in [0.29, 0.717) is 0 Å². The van der Waals surface area contributed by atoms with Crippen LogP contribution in [0.4, 0.5) is 13.2 Å². The van der Waals surface area contributed by atoms with Gasteiger partial charge in [0.05, 0.1) is 6.33 Å². The van der Waals surface area contributed by atoms with Crippen LogP contribution in [0.2, 0.25) is 0 Å². The molecule has 0 unspecified atom stereocenters. The van der Waals surface area contributed by atoms with Gasteiger partial charge in [-0.3, -0.25) is 4.84 Å². The molecule has 0 aliphatic heterocycles. The summed E-state index contributed by atoms with van der Waals surface area (Å²) in [6.45, 7) is -1.71. The standard InChI is InChI=1S/C6H8F3N3O3S/c1-12-2-5(10-4-12)16(13,14)11-15-3-6(7,8)9/h2,4,11H,3H2,1H3. The fraction of sp³-hybridized carbons (Fsp3) is 0.500. The highest BCUT2D eigenvalue weighted by atomic mass is 32.2. The minimum Gasteiger partial charge on any atom is -0.339 e. The highest BCUT2D eigenvalue weighted by molar-refractivity contribution is 7.89. The van der Waals surface area contributed by atoms with E-state index in [-0.39, 0.29) is 0 Å². The quantitative estimate of drug-likeness (QED) is 0.783. The molecule has 0 radical (unpaired) electrons. The number of hydrogen-bond acceptors (Lipinski definition) is 4. The van der Waals surface area contributed by atoms with E-state index in [1.54, 1.807) is 0 Å². The van der Waals surface area contributed by atoms with E-state index in [2.05, 4.69) is 9.82 Å². The summed E-state index contributed by atoms with van der Waals surface area (Å²) in [6.07, 6.45) is -2.29. The third-order valence-corrected chi connectivity index (χ3v) is 2.46. The normalized spacial score (nSPS) is 13.0. The summed E-state index contributed by atoms with van der Waals surface area (Å²) in [7, 11) is -2.65. The van der Waals surface area contributed by atoms with Crippen LogP contribution in [0.25, 0.3) is 0 Å². The van der Waals surface area contributed by atoms with Gasteiger partial charge in [-0.05, 0) is 0 Å². The second-order valence-corrected chi connectivity index (χ2v) is 4.46. The minimum atomic E-state index is -4.60. The topological polar surface area (TPSA) is 73.2 Å². The monoisotopic (exact) mass is 259 g/mol. The largest absolute Gasteiger partial charge is 0.413 e. The number of rotatable bonds is 4. The Hall–Kier alpha value is -1.13. The van der Waals surface area contributed by atoms with Crippen molar-refractivity contribution in [3.05, 3.63) is 12.5 Å². The molecule has 10 heteroatoms. The molecular weight excluding hydrogens is 251 g/mol. The first kappa shape index (κ1) is 12.9. The van der Waals surface area contributed by atoms with E-state index in [4.69, 9.17) is 0 Å². The second kappa shape index (κ2) is 4.39. The highest BCUT2D eigenvalue weighted by Gasteiger charge is 2.29. The Labute approximate surface area is 89.0 Å². The number of nitrogens with one attached hydrogen (secondary N) is 1. The van der Waals surface area contributed by atoms with E-state index in [1.165, 1.54) is 22.8 Å². The molecule has 0 saturated carbocycles. The first-order valence-corrected chi connectivity index (χ1v) is 5.37. The van der Waals surface area contributed by atoms with Crippen LogP contribution in [0.3, 0.4) is 0 Å². The molecule has 0 atom stereocenters. The molecule has 0 aliphatic carbocycles. The van der Waals surface area contributed by atoms with E-state index < -0.39 is 27.8 Å². The molecule has 1 heterocycles. The number of sulfonamides is 1. The van der Waals surface area contributed by atoms with Crippen LogP contribution >= 0.6 is 0 Å². The molecule has 0 fully saturated rings. The number of hydrogen-bond donors (Lipinski definition) is 1. The summed E-state index contributed by atoms with van der Waals surface area (Å²) in [5.74, 6) is 0. The van der Waals surface area contributed by atoms with Gasteiger partial charge in [0, 0.05) is 13.2 Å². The Morgan fingerprint density at radius 3 is 2.62 bits per heavy atom. The molecule has 0 amide bonds. The molecule has 0 aliphatic rings. The number of nitrogens with zero attached hydrogens (tertiary/aromatic N) is 2. The van der Waals surface area contributed by atoms with Crippen molar-refractivity contribution in [2.24, 2.45) is 7.05 Å². The first-order valence-electron chi connectivity index (χ1n) is 3.89. The lowest BCUT2D eigenvalue weighted by atomic mass is 10.7. The zero-order chi connectivity index (χ0) is 12.4. The number of aromatic nitrogens is 2. The number of aryl methyl sites for hydroxylation is 1. The molecule has 6 nitrogen and oxygen atoms in total. The smallest absolute Gasteiger partial charge is 0.339 e. The van der Waals surface area contributed by atoms with Crippen LogP contribution in [0.15, 0.2) is 17.6 Å². The second-order valence-electron chi connectivity index (χ2n) is 2.87. The average molecular weight is 259 g/mol. The summed E-state index contributed by atoms with van der Waals surface area (Å²) in [5, 5.41) is -0.419. The maximum atomic E-state index is 11.7. The molecule has 0 spiro atoms. The van der Waals surface area contributed by atoms with Crippen molar-refractivity contribution in [2.75, 3.05) is 6.61 Å². The first-order chi connectivity index (χ1) is 7.21. The molecule has 0 bridgehead atoms. The molecule has 92 valence electrons. The van der Waals surface area contributed by atoms with Crippen molar-refractivity contribution in [3.8, 4) is 0 Å². The Bertz CT molecular complexity index is 453. The summed E-state index contributed by atoms with van der Waals surface area (Å²) < 4.78 is 58.8. The number of alkyl halides is 3. The van der Waals surface area contributed by atoms with Gasteiger partial charge >= 0.3 is 6.18 Å². The Kier molecular flexibility index (Phi) is 3.55. The highest BCUT2D eigenvalue weighted by Crippen LogP contribution is 2.14. The average Bonchev–Trinajstić information content (AvgIpc) is 2.49. The molecule has 0 saturated heterocycles. The fourth-order valence-corrected chi connectivity index (χ4v) is 1.55. The van der Waals surface area contributed by atoms with E-state index in [0.717, 1.165) is 6.20 Å². The van der Waals surface area contributed by atoms with Crippen molar-refractivity contribution >= 4 is 10.0 Å². The molecule has 1 rings (SSSR count). The van der Waals surface area contributed by atoms with Crippen LogP contribution in [-0.2, 0) is 21.9 Å². The number of imidazole rings is 1. The lowest BCUT2D eigenvalue weighted by Gasteiger charge is -2.07. The Morgan fingerprint density at radius 1 is 1.56 bits per heavy atom. The van der Waals surface area contributed by atoms with Gasteiger partial charge in [-0.1, -0.05) is 4.89 Å². The van der Waals surface area contributed by atoms with Gasteiger partial charge in [0.25, 0.3) is 10.0 Å². The van der Waals surface area contributed by atoms with E-state index in [1.807, 2.05) is 0 Å². The van der Waals surface area contributed by atoms with E-state index in [9.17, 15) is 21.6 Å². The molecule has 0 aromatic carbocycles. The zero-order valence-electron chi connectivity index (χ0n) is 8.02. The van der Waals surface area contributed by atoms with Gasteiger partial charge in [-0.2, -0.15) is 13.2 Å². The van der Waals surface area contributed by atoms with Crippen LogP contribution in [-0.4, -0.2) is 30.8 Å². The molecular formula is C6H8F3N3O3S. The van der Waals surface area contributed by atoms with Crippen LogP contribution in [0, 0.1) is 0 Å². The number of halogens is 3. The zero-order valence-corrected chi connectivity index (χ0v) is 8.84. The van der Waals surface area contributed by atoms with E-state index >= 15 is 0 Å². The third kappa shape index (κ3) is 3.79. The lowest BCUT2D eigenvalue weighted by Crippen LogP contribution is -2.29. The van der Waals surface area contributed by atoms with Crippen molar-refractivity contribution in [3.63, 3.8) is 0 Å². The van der Waals surface area contributed by atoms with Crippen molar-refractivity contribution in [2.45, 2.75) is 11.2 Å². The van der Waals surface area contributed by atoms with Gasteiger partial charge in [0.2, 0.25) is 0 Å². The minimum absolute atomic E-state index is 0.419.